The van der Waals surface area contributed by atoms with Crippen molar-refractivity contribution in [2.75, 3.05) is 0 Å². The molecule has 22 heavy (non-hydrogen) atoms. The van der Waals surface area contributed by atoms with E-state index in [0.717, 1.165) is 17.6 Å². The number of nitrogens with one attached hydrogen (secondary N) is 1. The van der Waals surface area contributed by atoms with Crippen LogP contribution in [0.3, 0.4) is 0 Å². The quantitative estimate of drug-likeness (QED) is 0.601. The molecule has 1 heterocycles. The number of fused-ring (bicyclic) bond motifs is 1. The largest absolute Gasteiger partial charge is 0.407 e. The molecule has 0 fully saturated rings. The number of rotatable bonds is 6. The fourth-order valence-corrected chi connectivity index (χ4v) is 3.38. The Morgan fingerprint density at radius 3 is 2.59 bits per heavy atom. The highest BCUT2D eigenvalue weighted by atomic mass is 32.1. The molecule has 1 unspecified atom stereocenters. The highest BCUT2D eigenvalue weighted by Gasteiger charge is 2.15. The van der Waals surface area contributed by atoms with Gasteiger partial charge in [-0.1, -0.05) is 56.3 Å². The van der Waals surface area contributed by atoms with E-state index in [1.165, 1.54) is 10.3 Å². The number of hydroxylamine groups is 1. The predicted octanol–water partition coefficient (Wildman–Crippen LogP) is 5.57. The van der Waals surface area contributed by atoms with E-state index in [1.54, 1.807) is 11.3 Å². The third kappa shape index (κ3) is 3.49. The normalized spacial score (nSPS) is 12.7. The Bertz CT molecular complexity index is 716. The summed E-state index contributed by atoms with van der Waals surface area (Å²) in [4.78, 5) is 7.28. The molecule has 0 spiro atoms. The lowest BCUT2D eigenvalue weighted by Gasteiger charge is -2.20. The van der Waals surface area contributed by atoms with Crippen LogP contribution >= 0.6 is 11.3 Å². The van der Waals surface area contributed by atoms with Crippen LogP contribution in [0.1, 0.15) is 31.2 Å². The van der Waals surface area contributed by atoms with Crippen LogP contribution in [0.15, 0.2) is 60.0 Å². The molecule has 3 heteroatoms. The zero-order valence-electron chi connectivity index (χ0n) is 13.0. The van der Waals surface area contributed by atoms with E-state index >= 15 is 0 Å². The van der Waals surface area contributed by atoms with Crippen molar-refractivity contribution >= 4 is 22.1 Å². The first-order valence-electron chi connectivity index (χ1n) is 7.67. The lowest BCUT2D eigenvalue weighted by atomic mass is 10.0. The van der Waals surface area contributed by atoms with E-state index in [-0.39, 0.29) is 6.04 Å². The second kappa shape index (κ2) is 6.95. The highest BCUT2D eigenvalue weighted by Crippen LogP contribution is 2.28. The van der Waals surface area contributed by atoms with Crippen molar-refractivity contribution in [3.8, 4) is 5.75 Å². The zero-order chi connectivity index (χ0) is 15.4. The summed E-state index contributed by atoms with van der Waals surface area (Å²) in [5.74, 6) is 1.49. The molecule has 0 aliphatic heterocycles. The smallest absolute Gasteiger partial charge is 0.154 e. The van der Waals surface area contributed by atoms with Crippen LogP contribution < -0.4 is 10.3 Å². The van der Waals surface area contributed by atoms with Crippen LogP contribution in [-0.2, 0) is 0 Å². The summed E-state index contributed by atoms with van der Waals surface area (Å²) in [6.07, 6.45) is 1.05. The SMILES string of the molecule is CC(C)CC(NOc1cccc2ccccc12)c1cccs1. The summed E-state index contributed by atoms with van der Waals surface area (Å²) in [5.41, 5.74) is 3.27. The lowest BCUT2D eigenvalue weighted by Crippen LogP contribution is -2.25. The van der Waals surface area contributed by atoms with Crippen LogP contribution in [-0.4, -0.2) is 0 Å². The van der Waals surface area contributed by atoms with Gasteiger partial charge in [0.25, 0.3) is 0 Å². The molecule has 3 rings (SSSR count). The van der Waals surface area contributed by atoms with Crippen molar-refractivity contribution in [1.82, 2.24) is 5.48 Å². The van der Waals surface area contributed by atoms with Gasteiger partial charge in [0.05, 0.1) is 6.04 Å². The first-order chi connectivity index (χ1) is 10.7. The molecule has 2 nitrogen and oxygen atoms in total. The molecule has 2 aromatic carbocycles. The maximum atomic E-state index is 5.96. The monoisotopic (exact) mass is 311 g/mol. The third-order valence-corrected chi connectivity index (χ3v) is 4.64. The topological polar surface area (TPSA) is 21.3 Å². The molecule has 3 aromatic rings. The minimum absolute atomic E-state index is 0.221. The summed E-state index contributed by atoms with van der Waals surface area (Å²) >= 11 is 1.77. The first-order valence-corrected chi connectivity index (χ1v) is 8.55. The van der Waals surface area contributed by atoms with Gasteiger partial charge in [0, 0.05) is 10.3 Å². The maximum Gasteiger partial charge on any atom is 0.154 e. The Morgan fingerprint density at radius 1 is 1.00 bits per heavy atom. The molecule has 0 radical (unpaired) electrons. The molecular formula is C19H21NOS. The van der Waals surface area contributed by atoms with Gasteiger partial charge in [-0.15, -0.1) is 16.8 Å². The van der Waals surface area contributed by atoms with E-state index in [9.17, 15) is 0 Å². The summed E-state index contributed by atoms with van der Waals surface area (Å²) in [6, 6.07) is 18.9. The van der Waals surface area contributed by atoms with Crippen LogP contribution in [0, 0.1) is 5.92 Å². The second-order valence-electron chi connectivity index (χ2n) is 5.89. The Kier molecular flexibility index (Phi) is 4.76. The molecule has 0 amide bonds. The predicted molar refractivity (Wildman–Crippen MR) is 94.2 cm³/mol. The average molecular weight is 311 g/mol. The van der Waals surface area contributed by atoms with Gasteiger partial charge in [0.15, 0.2) is 5.75 Å². The molecule has 0 saturated carbocycles. The molecule has 0 aliphatic rings. The van der Waals surface area contributed by atoms with E-state index in [4.69, 9.17) is 4.84 Å². The van der Waals surface area contributed by atoms with Crippen LogP contribution in [0.4, 0.5) is 0 Å². The van der Waals surface area contributed by atoms with E-state index in [2.05, 4.69) is 55.0 Å². The van der Waals surface area contributed by atoms with Crippen LogP contribution in [0.25, 0.3) is 10.8 Å². The standard InChI is InChI=1S/C19H21NOS/c1-14(2)13-17(19-11-6-12-22-19)20-21-18-10-5-8-15-7-3-4-9-16(15)18/h3-12,14,17,20H,13H2,1-2H3. The average Bonchev–Trinajstić information content (AvgIpc) is 3.05. The maximum absolute atomic E-state index is 5.96. The molecule has 114 valence electrons. The van der Waals surface area contributed by atoms with Crippen molar-refractivity contribution in [3.05, 3.63) is 64.9 Å². The van der Waals surface area contributed by atoms with Gasteiger partial charge < -0.3 is 4.84 Å². The molecule has 1 atom stereocenters. The fourth-order valence-electron chi connectivity index (χ4n) is 2.60. The summed E-state index contributed by atoms with van der Waals surface area (Å²) < 4.78 is 0. The Morgan fingerprint density at radius 2 is 1.82 bits per heavy atom. The molecule has 0 aliphatic carbocycles. The molecule has 1 aromatic heterocycles. The molecule has 0 saturated heterocycles. The van der Waals surface area contributed by atoms with Gasteiger partial charge in [-0.25, -0.2) is 0 Å². The summed E-state index contributed by atoms with van der Waals surface area (Å²) in [6.45, 7) is 4.47. The Hall–Kier alpha value is -1.84. The zero-order valence-corrected chi connectivity index (χ0v) is 13.8. The molecule has 0 bridgehead atoms. The minimum atomic E-state index is 0.221. The number of hydrogen-bond donors (Lipinski definition) is 1. The fraction of sp³-hybridized carbons (Fsp3) is 0.263. The van der Waals surface area contributed by atoms with Gasteiger partial charge >= 0.3 is 0 Å². The lowest BCUT2D eigenvalue weighted by molar-refractivity contribution is 0.147. The highest BCUT2D eigenvalue weighted by molar-refractivity contribution is 7.10. The minimum Gasteiger partial charge on any atom is -0.407 e. The van der Waals surface area contributed by atoms with E-state index in [1.807, 2.05) is 24.3 Å². The van der Waals surface area contributed by atoms with Crippen LogP contribution in [0.2, 0.25) is 0 Å². The molecular weight excluding hydrogens is 290 g/mol. The van der Waals surface area contributed by atoms with Crippen molar-refractivity contribution in [3.63, 3.8) is 0 Å². The van der Waals surface area contributed by atoms with Gasteiger partial charge in [0.1, 0.15) is 0 Å². The Balaban J connectivity index is 1.79. The number of hydrogen-bond acceptors (Lipinski definition) is 3. The van der Waals surface area contributed by atoms with E-state index in [0.29, 0.717) is 5.92 Å². The van der Waals surface area contributed by atoms with Gasteiger partial charge in [-0.05, 0) is 35.2 Å². The number of thiophene rings is 1. The summed E-state index contributed by atoms with van der Waals surface area (Å²) in [5, 5.41) is 4.44. The second-order valence-corrected chi connectivity index (χ2v) is 6.87. The van der Waals surface area contributed by atoms with Crippen molar-refractivity contribution < 1.29 is 4.84 Å². The van der Waals surface area contributed by atoms with Gasteiger partial charge in [-0.2, -0.15) is 0 Å². The summed E-state index contributed by atoms with van der Waals surface area (Å²) in [7, 11) is 0. The Labute approximate surface area is 135 Å². The van der Waals surface area contributed by atoms with Crippen molar-refractivity contribution in [2.45, 2.75) is 26.3 Å². The van der Waals surface area contributed by atoms with Crippen LogP contribution in [0.5, 0.6) is 5.75 Å². The van der Waals surface area contributed by atoms with E-state index < -0.39 is 0 Å². The van der Waals surface area contributed by atoms with Crippen molar-refractivity contribution in [2.24, 2.45) is 5.92 Å². The van der Waals surface area contributed by atoms with Crippen molar-refractivity contribution in [1.29, 1.82) is 0 Å². The third-order valence-electron chi connectivity index (χ3n) is 3.65. The van der Waals surface area contributed by atoms with Gasteiger partial charge in [0.2, 0.25) is 0 Å². The first kappa shape index (κ1) is 15.1. The number of benzene rings is 2. The molecule has 1 N–H and O–H groups in total. The van der Waals surface area contributed by atoms with Gasteiger partial charge in [-0.3, -0.25) is 0 Å².